The number of hydrogen-bond acceptors (Lipinski definition) is 6. The molecule has 3 N–H and O–H groups in total. The van der Waals surface area contributed by atoms with Gasteiger partial charge in [0.2, 0.25) is 0 Å². The van der Waals surface area contributed by atoms with E-state index in [1.54, 1.807) is 4.57 Å². The quantitative estimate of drug-likeness (QED) is 0.432. The van der Waals surface area contributed by atoms with Crippen LogP contribution in [0.1, 0.15) is 17.0 Å². The van der Waals surface area contributed by atoms with Gasteiger partial charge in [-0.15, -0.1) is 0 Å². The minimum absolute atomic E-state index is 0.0485. The van der Waals surface area contributed by atoms with Crippen molar-refractivity contribution >= 4 is 39.6 Å². The van der Waals surface area contributed by atoms with E-state index in [0.717, 1.165) is 16.6 Å². The highest BCUT2D eigenvalue weighted by molar-refractivity contribution is 6.31. The lowest BCUT2D eigenvalue weighted by Gasteiger charge is -2.09. The molecule has 0 fully saturated rings. The number of hydrogen-bond donors (Lipinski definition) is 2. The number of anilines is 1. The molecule has 0 aliphatic heterocycles. The summed E-state index contributed by atoms with van der Waals surface area (Å²) in [4.78, 5) is 16.8. The van der Waals surface area contributed by atoms with Gasteiger partial charge in [-0.1, -0.05) is 41.9 Å². The maximum atomic E-state index is 9.46. The van der Waals surface area contributed by atoms with Crippen LogP contribution in [0.15, 0.2) is 48.5 Å². The highest BCUT2D eigenvalue weighted by Gasteiger charge is 2.24. The number of nitriles is 2. The molecule has 0 aliphatic rings. The minimum Gasteiger partial charge on any atom is -0.384 e. The van der Waals surface area contributed by atoms with Crippen LogP contribution in [0.4, 0.5) is 5.82 Å². The van der Waals surface area contributed by atoms with Crippen molar-refractivity contribution in [1.29, 1.82) is 10.5 Å². The van der Waals surface area contributed by atoms with Crippen LogP contribution in [0, 0.1) is 22.7 Å². The van der Waals surface area contributed by atoms with Crippen molar-refractivity contribution in [2.24, 2.45) is 0 Å². The van der Waals surface area contributed by atoms with Gasteiger partial charge in [0.1, 0.15) is 29.3 Å². The molecule has 0 saturated heterocycles. The van der Waals surface area contributed by atoms with Crippen LogP contribution in [-0.4, -0.2) is 24.5 Å². The lowest BCUT2D eigenvalue weighted by molar-refractivity contribution is 0.724. The second kappa shape index (κ2) is 7.69. The SMILES string of the molecule is N#Cc1nc2c(-c3nc4ccccc4[nH]3)c(N)n(CCc3ccccc3Cl)c2nc1C#N. The third-order valence-electron chi connectivity index (χ3n) is 5.32. The number of imidazole rings is 1. The summed E-state index contributed by atoms with van der Waals surface area (Å²) in [5, 5.41) is 19.6. The van der Waals surface area contributed by atoms with Crippen LogP contribution in [0.25, 0.3) is 33.6 Å². The van der Waals surface area contributed by atoms with Gasteiger partial charge in [0.25, 0.3) is 0 Å². The molecule has 8 nitrogen and oxygen atoms in total. The van der Waals surface area contributed by atoms with E-state index in [0.29, 0.717) is 46.4 Å². The number of fused-ring (bicyclic) bond motifs is 2. The molecule has 0 spiro atoms. The van der Waals surface area contributed by atoms with Crippen LogP contribution in [0.2, 0.25) is 5.02 Å². The topological polar surface area (TPSA) is 133 Å². The third-order valence-corrected chi connectivity index (χ3v) is 5.69. The monoisotopic (exact) mass is 438 g/mol. The van der Waals surface area contributed by atoms with E-state index in [1.807, 2.05) is 60.7 Å². The first-order valence-electron chi connectivity index (χ1n) is 9.79. The van der Waals surface area contributed by atoms with Crippen molar-refractivity contribution < 1.29 is 0 Å². The summed E-state index contributed by atoms with van der Waals surface area (Å²) < 4.78 is 1.79. The lowest BCUT2D eigenvalue weighted by atomic mass is 10.1. The average molecular weight is 439 g/mol. The number of halogens is 1. The van der Waals surface area contributed by atoms with E-state index in [2.05, 4.69) is 19.9 Å². The fourth-order valence-corrected chi connectivity index (χ4v) is 4.00. The Hall–Kier alpha value is -4.40. The van der Waals surface area contributed by atoms with Crippen LogP contribution in [0.5, 0.6) is 0 Å². The highest BCUT2D eigenvalue weighted by atomic mass is 35.5. The molecule has 2 aromatic carbocycles. The van der Waals surface area contributed by atoms with Crippen molar-refractivity contribution in [2.45, 2.75) is 13.0 Å². The molecule has 3 heterocycles. The van der Waals surface area contributed by atoms with E-state index in [4.69, 9.17) is 17.3 Å². The first kappa shape index (κ1) is 19.6. The summed E-state index contributed by atoms with van der Waals surface area (Å²) in [6.45, 7) is 0.456. The summed E-state index contributed by atoms with van der Waals surface area (Å²) in [6.07, 6.45) is 0.594. The number of benzene rings is 2. The molecule has 0 saturated carbocycles. The molecule has 0 unspecified atom stereocenters. The number of nitrogens with two attached hydrogens (primary N) is 1. The Labute approximate surface area is 187 Å². The van der Waals surface area contributed by atoms with E-state index in [9.17, 15) is 10.5 Å². The normalized spacial score (nSPS) is 11.0. The van der Waals surface area contributed by atoms with Crippen LogP contribution in [-0.2, 0) is 13.0 Å². The number of H-pyrrole nitrogens is 1. The number of para-hydroxylation sites is 2. The number of aromatic nitrogens is 5. The van der Waals surface area contributed by atoms with Crippen molar-refractivity contribution in [3.05, 3.63) is 70.5 Å². The summed E-state index contributed by atoms with van der Waals surface area (Å²) >= 11 is 6.32. The van der Waals surface area contributed by atoms with Crippen molar-refractivity contribution in [3.63, 3.8) is 0 Å². The van der Waals surface area contributed by atoms with Gasteiger partial charge < -0.3 is 15.3 Å². The summed E-state index contributed by atoms with van der Waals surface area (Å²) in [5.74, 6) is 0.915. The Balaban J connectivity index is 1.72. The summed E-state index contributed by atoms with van der Waals surface area (Å²) in [7, 11) is 0. The van der Waals surface area contributed by atoms with E-state index in [1.165, 1.54) is 0 Å². The number of nitrogen functional groups attached to an aromatic ring is 1. The first-order chi connectivity index (χ1) is 15.6. The smallest absolute Gasteiger partial charge is 0.179 e. The second-order valence-corrected chi connectivity index (χ2v) is 7.58. The molecule has 9 heteroatoms. The van der Waals surface area contributed by atoms with E-state index < -0.39 is 0 Å². The molecular weight excluding hydrogens is 424 g/mol. The highest BCUT2D eigenvalue weighted by Crippen LogP contribution is 2.35. The summed E-state index contributed by atoms with van der Waals surface area (Å²) in [5.41, 5.74) is 10.4. The predicted octanol–water partition coefficient (Wildman–Crippen LogP) is 4.20. The first-order valence-corrected chi connectivity index (χ1v) is 10.2. The van der Waals surface area contributed by atoms with Gasteiger partial charge in [0, 0.05) is 11.6 Å². The number of aryl methyl sites for hydroxylation is 2. The molecule has 5 rings (SSSR count). The minimum atomic E-state index is -0.0550. The molecule has 32 heavy (non-hydrogen) atoms. The van der Waals surface area contributed by atoms with Gasteiger partial charge in [-0.05, 0) is 30.2 Å². The van der Waals surface area contributed by atoms with Crippen LogP contribution < -0.4 is 5.73 Å². The molecule has 0 radical (unpaired) electrons. The molecule has 0 atom stereocenters. The predicted molar refractivity (Wildman–Crippen MR) is 122 cm³/mol. The molecule has 3 aromatic heterocycles. The Morgan fingerprint density at radius 1 is 0.969 bits per heavy atom. The van der Waals surface area contributed by atoms with Gasteiger partial charge in [-0.2, -0.15) is 10.5 Å². The van der Waals surface area contributed by atoms with Gasteiger partial charge in [0.05, 0.1) is 16.6 Å². The third kappa shape index (κ3) is 3.11. The zero-order valence-electron chi connectivity index (χ0n) is 16.7. The molecule has 0 aliphatic carbocycles. The molecule has 0 amide bonds. The summed E-state index contributed by atoms with van der Waals surface area (Å²) in [6, 6.07) is 19.1. The van der Waals surface area contributed by atoms with Crippen molar-refractivity contribution in [2.75, 3.05) is 5.73 Å². The van der Waals surface area contributed by atoms with Crippen LogP contribution in [0.3, 0.4) is 0 Å². The van der Waals surface area contributed by atoms with Gasteiger partial charge >= 0.3 is 0 Å². The molecular formula is C23H15ClN8. The lowest BCUT2D eigenvalue weighted by Crippen LogP contribution is -2.07. The standard InChI is InChI=1S/C23H15ClN8/c24-14-6-2-1-5-13(14)9-10-32-21(27)19(22-29-15-7-3-4-8-16(15)30-22)20-23(32)31-18(12-26)17(11-25)28-20/h1-8H,9-10,27H2,(H,29,30). The van der Waals surface area contributed by atoms with E-state index >= 15 is 0 Å². The molecule has 0 bridgehead atoms. The maximum Gasteiger partial charge on any atom is 0.179 e. The molecule has 5 aromatic rings. The number of nitrogens with one attached hydrogen (secondary N) is 1. The maximum absolute atomic E-state index is 9.46. The zero-order chi connectivity index (χ0) is 22.2. The van der Waals surface area contributed by atoms with Crippen molar-refractivity contribution in [1.82, 2.24) is 24.5 Å². The largest absolute Gasteiger partial charge is 0.384 e. The Morgan fingerprint density at radius 3 is 2.44 bits per heavy atom. The average Bonchev–Trinajstić information content (AvgIpc) is 3.35. The molecule has 154 valence electrons. The van der Waals surface area contributed by atoms with Gasteiger partial charge in [-0.3, -0.25) is 0 Å². The fraction of sp³-hybridized carbons (Fsp3) is 0.0870. The Bertz CT molecular complexity index is 1550. The Morgan fingerprint density at radius 2 is 1.69 bits per heavy atom. The zero-order valence-corrected chi connectivity index (χ0v) is 17.4. The van der Waals surface area contributed by atoms with Gasteiger partial charge in [0.15, 0.2) is 17.0 Å². The van der Waals surface area contributed by atoms with Crippen molar-refractivity contribution in [3.8, 4) is 23.5 Å². The fourth-order valence-electron chi connectivity index (χ4n) is 3.77. The number of aromatic amines is 1. The van der Waals surface area contributed by atoms with Gasteiger partial charge in [-0.25, -0.2) is 15.0 Å². The number of rotatable bonds is 4. The second-order valence-electron chi connectivity index (χ2n) is 7.17. The van der Waals surface area contributed by atoms with Crippen LogP contribution >= 0.6 is 11.6 Å². The van der Waals surface area contributed by atoms with E-state index in [-0.39, 0.29) is 11.4 Å². The Kier molecular flexibility index (Phi) is 4.70. The number of nitrogens with zero attached hydrogens (tertiary/aromatic N) is 6.